The molecular formula is C14H16N2O. The van der Waals surface area contributed by atoms with Crippen LogP contribution in [0.3, 0.4) is 0 Å². The first-order chi connectivity index (χ1) is 8.22. The molecule has 0 amide bonds. The molecule has 3 heteroatoms. The lowest BCUT2D eigenvalue weighted by atomic mass is 10.0. The van der Waals surface area contributed by atoms with Gasteiger partial charge in [0.05, 0.1) is 0 Å². The van der Waals surface area contributed by atoms with Gasteiger partial charge in [-0.15, -0.1) is 0 Å². The summed E-state index contributed by atoms with van der Waals surface area (Å²) >= 11 is 0. The molecule has 2 rings (SSSR count). The summed E-state index contributed by atoms with van der Waals surface area (Å²) in [5.41, 5.74) is 8.88. The summed E-state index contributed by atoms with van der Waals surface area (Å²) in [7, 11) is 0. The Morgan fingerprint density at radius 1 is 1.18 bits per heavy atom. The third-order valence-electron chi connectivity index (χ3n) is 2.81. The molecule has 0 atom stereocenters. The maximum absolute atomic E-state index is 11.6. The van der Waals surface area contributed by atoms with E-state index in [-0.39, 0.29) is 5.56 Å². The second-order valence-corrected chi connectivity index (χ2v) is 4.05. The lowest BCUT2D eigenvalue weighted by Gasteiger charge is -2.09. The molecule has 0 aliphatic carbocycles. The van der Waals surface area contributed by atoms with Crippen molar-refractivity contribution in [2.45, 2.75) is 13.5 Å². The van der Waals surface area contributed by atoms with Crippen LogP contribution >= 0.6 is 0 Å². The minimum Gasteiger partial charge on any atom is -0.329 e. The van der Waals surface area contributed by atoms with Crippen molar-refractivity contribution < 1.29 is 0 Å². The van der Waals surface area contributed by atoms with Crippen LogP contribution in [-0.2, 0) is 6.54 Å². The van der Waals surface area contributed by atoms with Crippen LogP contribution in [0.2, 0.25) is 0 Å². The van der Waals surface area contributed by atoms with Crippen molar-refractivity contribution in [2.24, 2.45) is 5.73 Å². The number of benzene rings is 1. The van der Waals surface area contributed by atoms with E-state index in [2.05, 4.69) is 19.1 Å². The molecule has 0 radical (unpaired) electrons. The highest BCUT2D eigenvalue weighted by molar-refractivity contribution is 5.66. The third-order valence-corrected chi connectivity index (χ3v) is 2.81. The van der Waals surface area contributed by atoms with Crippen molar-refractivity contribution in [3.8, 4) is 11.1 Å². The van der Waals surface area contributed by atoms with E-state index < -0.39 is 0 Å². The van der Waals surface area contributed by atoms with Gasteiger partial charge >= 0.3 is 0 Å². The zero-order valence-corrected chi connectivity index (χ0v) is 9.89. The minimum atomic E-state index is -0.00668. The predicted molar refractivity (Wildman–Crippen MR) is 69.9 cm³/mol. The van der Waals surface area contributed by atoms with Crippen LogP contribution in [0.25, 0.3) is 11.1 Å². The molecule has 0 saturated heterocycles. The molecule has 0 saturated carbocycles. The molecule has 1 aromatic heterocycles. The summed E-state index contributed by atoms with van der Waals surface area (Å²) in [6.45, 7) is 3.09. The highest BCUT2D eigenvalue weighted by atomic mass is 16.1. The van der Waals surface area contributed by atoms with Crippen LogP contribution < -0.4 is 11.3 Å². The Balaban J connectivity index is 2.50. The Morgan fingerprint density at radius 2 is 1.94 bits per heavy atom. The molecule has 0 aliphatic heterocycles. The smallest absolute Gasteiger partial charge is 0.250 e. The van der Waals surface area contributed by atoms with Gasteiger partial charge in [0.2, 0.25) is 0 Å². The van der Waals surface area contributed by atoms with Gasteiger partial charge in [0, 0.05) is 25.4 Å². The number of rotatable bonds is 3. The number of nitrogens with two attached hydrogens (primary N) is 1. The quantitative estimate of drug-likeness (QED) is 0.870. The molecule has 17 heavy (non-hydrogen) atoms. The van der Waals surface area contributed by atoms with Crippen molar-refractivity contribution >= 4 is 0 Å². The average Bonchev–Trinajstić information content (AvgIpc) is 2.33. The Hall–Kier alpha value is -1.87. The fraction of sp³-hybridized carbons (Fsp3) is 0.214. The second-order valence-electron chi connectivity index (χ2n) is 4.05. The van der Waals surface area contributed by atoms with Crippen molar-refractivity contribution in [1.82, 2.24) is 4.57 Å². The number of pyridine rings is 1. The van der Waals surface area contributed by atoms with E-state index in [1.165, 1.54) is 5.56 Å². The molecule has 0 unspecified atom stereocenters. The van der Waals surface area contributed by atoms with Crippen LogP contribution in [0.4, 0.5) is 0 Å². The lowest BCUT2D eigenvalue weighted by molar-refractivity contribution is 0.682. The number of nitrogens with zero attached hydrogens (tertiary/aromatic N) is 1. The summed E-state index contributed by atoms with van der Waals surface area (Å²) in [5, 5.41) is 0. The highest BCUT2D eigenvalue weighted by Gasteiger charge is 2.03. The summed E-state index contributed by atoms with van der Waals surface area (Å²) < 4.78 is 1.65. The van der Waals surface area contributed by atoms with Crippen molar-refractivity contribution in [1.29, 1.82) is 0 Å². The first-order valence-electron chi connectivity index (χ1n) is 5.69. The predicted octanol–water partition coefficient (Wildman–Crippen LogP) is 1.78. The lowest BCUT2D eigenvalue weighted by Crippen LogP contribution is -2.22. The van der Waals surface area contributed by atoms with Gasteiger partial charge in [0.1, 0.15) is 0 Å². The van der Waals surface area contributed by atoms with Gasteiger partial charge in [-0.1, -0.05) is 24.3 Å². The van der Waals surface area contributed by atoms with Crippen LogP contribution in [0.15, 0.2) is 47.4 Å². The Kier molecular flexibility index (Phi) is 3.40. The zero-order valence-electron chi connectivity index (χ0n) is 9.89. The van der Waals surface area contributed by atoms with E-state index in [4.69, 9.17) is 5.73 Å². The zero-order chi connectivity index (χ0) is 12.3. The fourth-order valence-corrected chi connectivity index (χ4v) is 1.90. The Bertz CT molecular complexity index is 572. The molecule has 2 aromatic rings. The molecular weight excluding hydrogens is 212 g/mol. The van der Waals surface area contributed by atoms with Crippen LogP contribution in [-0.4, -0.2) is 11.1 Å². The summed E-state index contributed by atoms with van der Waals surface area (Å²) in [4.78, 5) is 11.6. The van der Waals surface area contributed by atoms with Crippen LogP contribution in [0, 0.1) is 6.92 Å². The van der Waals surface area contributed by atoms with Crippen LogP contribution in [0.5, 0.6) is 0 Å². The monoisotopic (exact) mass is 228 g/mol. The number of aryl methyl sites for hydroxylation is 1. The number of aromatic nitrogens is 1. The van der Waals surface area contributed by atoms with Gasteiger partial charge in [-0.25, -0.2) is 0 Å². The van der Waals surface area contributed by atoms with E-state index in [1.807, 2.05) is 24.4 Å². The van der Waals surface area contributed by atoms with Crippen LogP contribution in [0.1, 0.15) is 5.56 Å². The molecule has 3 nitrogen and oxygen atoms in total. The molecule has 0 spiro atoms. The highest BCUT2D eigenvalue weighted by Crippen LogP contribution is 2.21. The first kappa shape index (κ1) is 11.6. The van der Waals surface area contributed by atoms with E-state index >= 15 is 0 Å². The minimum absolute atomic E-state index is 0.00668. The van der Waals surface area contributed by atoms with Gasteiger partial charge in [0.15, 0.2) is 0 Å². The maximum atomic E-state index is 11.6. The largest absolute Gasteiger partial charge is 0.329 e. The summed E-state index contributed by atoms with van der Waals surface area (Å²) in [5.74, 6) is 0. The molecule has 1 heterocycles. The average molecular weight is 228 g/mol. The van der Waals surface area contributed by atoms with Crippen molar-refractivity contribution in [3.05, 3.63) is 58.5 Å². The SMILES string of the molecule is Cc1ccccc1-c1ccc(=O)n(CCN)c1. The van der Waals surface area contributed by atoms with Gasteiger partial charge < -0.3 is 10.3 Å². The number of hydrogen-bond acceptors (Lipinski definition) is 2. The standard InChI is InChI=1S/C14H16N2O/c1-11-4-2-3-5-13(11)12-6-7-14(17)16(10-12)9-8-15/h2-7,10H,8-9,15H2,1H3. The molecule has 88 valence electrons. The van der Waals surface area contributed by atoms with Crippen molar-refractivity contribution in [2.75, 3.05) is 6.54 Å². The first-order valence-corrected chi connectivity index (χ1v) is 5.69. The van der Waals surface area contributed by atoms with Gasteiger partial charge in [0.25, 0.3) is 5.56 Å². The molecule has 1 aromatic carbocycles. The summed E-state index contributed by atoms with van der Waals surface area (Å²) in [6.07, 6.45) is 1.87. The molecule has 2 N–H and O–H groups in total. The molecule has 0 aliphatic rings. The Morgan fingerprint density at radius 3 is 2.65 bits per heavy atom. The molecule has 0 fully saturated rings. The second kappa shape index (κ2) is 4.97. The van der Waals surface area contributed by atoms with Gasteiger partial charge in [-0.05, 0) is 29.7 Å². The van der Waals surface area contributed by atoms with E-state index in [1.54, 1.807) is 10.6 Å². The topological polar surface area (TPSA) is 48.0 Å². The summed E-state index contributed by atoms with van der Waals surface area (Å²) in [6, 6.07) is 11.6. The fourth-order valence-electron chi connectivity index (χ4n) is 1.90. The molecule has 0 bridgehead atoms. The van der Waals surface area contributed by atoms with E-state index in [0.717, 1.165) is 11.1 Å². The van der Waals surface area contributed by atoms with E-state index in [9.17, 15) is 4.79 Å². The normalized spacial score (nSPS) is 10.5. The van der Waals surface area contributed by atoms with Crippen molar-refractivity contribution in [3.63, 3.8) is 0 Å². The number of hydrogen-bond donors (Lipinski definition) is 1. The Labute approximate surface area is 101 Å². The third kappa shape index (κ3) is 2.45. The maximum Gasteiger partial charge on any atom is 0.250 e. The van der Waals surface area contributed by atoms with Gasteiger partial charge in [-0.3, -0.25) is 4.79 Å². The van der Waals surface area contributed by atoms with Gasteiger partial charge in [-0.2, -0.15) is 0 Å². The van der Waals surface area contributed by atoms with E-state index in [0.29, 0.717) is 13.1 Å².